The molecular weight excluding hydrogens is 210 g/mol. The molecule has 0 saturated heterocycles. The predicted octanol–water partition coefficient (Wildman–Crippen LogP) is 1.91. The summed E-state index contributed by atoms with van der Waals surface area (Å²) in [4.78, 5) is 4.18. The lowest BCUT2D eigenvalue weighted by molar-refractivity contribution is 0.390. The summed E-state index contributed by atoms with van der Waals surface area (Å²) in [5.41, 5.74) is 4.00. The third kappa shape index (κ3) is 2.24. The third-order valence-corrected chi connectivity index (χ3v) is 3.39. The number of aromatic nitrogens is 2. The van der Waals surface area contributed by atoms with E-state index in [-0.39, 0.29) is 0 Å². The Kier molecular flexibility index (Phi) is 2.69. The van der Waals surface area contributed by atoms with Crippen LogP contribution < -0.4 is 5.32 Å². The number of fused-ring (bicyclic) bond motifs is 1. The van der Waals surface area contributed by atoms with Crippen LogP contribution in [0.1, 0.15) is 16.8 Å². The summed E-state index contributed by atoms with van der Waals surface area (Å²) in [6.45, 7) is 4.07. The van der Waals surface area contributed by atoms with E-state index in [1.807, 2.05) is 12.5 Å². The molecule has 1 N–H and O–H groups in total. The largest absolute Gasteiger partial charge is 0.332 e. The Morgan fingerprint density at radius 2 is 2.18 bits per heavy atom. The van der Waals surface area contributed by atoms with Crippen LogP contribution in [-0.4, -0.2) is 15.6 Å². The Hall–Kier alpha value is -1.61. The van der Waals surface area contributed by atoms with Gasteiger partial charge in [0.25, 0.3) is 0 Å². The van der Waals surface area contributed by atoms with E-state index in [1.54, 1.807) is 0 Å². The van der Waals surface area contributed by atoms with E-state index in [4.69, 9.17) is 0 Å². The fraction of sp³-hybridized carbons (Fsp3) is 0.357. The highest BCUT2D eigenvalue weighted by Gasteiger charge is 2.17. The third-order valence-electron chi connectivity index (χ3n) is 3.39. The van der Waals surface area contributed by atoms with Gasteiger partial charge in [-0.1, -0.05) is 29.8 Å². The molecule has 0 amide bonds. The summed E-state index contributed by atoms with van der Waals surface area (Å²) in [5.74, 6) is 0. The minimum Gasteiger partial charge on any atom is -0.332 e. The van der Waals surface area contributed by atoms with Gasteiger partial charge in [0, 0.05) is 25.3 Å². The zero-order chi connectivity index (χ0) is 11.7. The number of benzene rings is 1. The van der Waals surface area contributed by atoms with Crippen molar-refractivity contribution in [3.8, 4) is 0 Å². The summed E-state index contributed by atoms with van der Waals surface area (Å²) in [5, 5.41) is 3.56. The molecule has 0 fully saturated rings. The van der Waals surface area contributed by atoms with Crippen LogP contribution in [0.2, 0.25) is 0 Å². The lowest BCUT2D eigenvalue weighted by Gasteiger charge is -2.25. The Morgan fingerprint density at radius 3 is 3.00 bits per heavy atom. The molecule has 0 bridgehead atoms. The van der Waals surface area contributed by atoms with Gasteiger partial charge in [-0.25, -0.2) is 4.98 Å². The molecule has 1 atom stereocenters. The summed E-state index contributed by atoms with van der Waals surface area (Å²) in [6, 6.07) is 9.32. The number of nitrogens with one attached hydrogen (secondary N) is 1. The molecule has 17 heavy (non-hydrogen) atoms. The van der Waals surface area contributed by atoms with Gasteiger partial charge in [0.15, 0.2) is 0 Å². The number of nitrogens with zero attached hydrogens (tertiary/aromatic N) is 2. The van der Waals surface area contributed by atoms with Gasteiger partial charge in [-0.15, -0.1) is 0 Å². The van der Waals surface area contributed by atoms with Gasteiger partial charge in [-0.05, 0) is 18.9 Å². The van der Waals surface area contributed by atoms with Crippen molar-refractivity contribution >= 4 is 0 Å². The van der Waals surface area contributed by atoms with Gasteiger partial charge >= 0.3 is 0 Å². The monoisotopic (exact) mass is 227 g/mol. The van der Waals surface area contributed by atoms with Gasteiger partial charge in [0.1, 0.15) is 0 Å². The molecule has 1 aliphatic rings. The number of hydrogen-bond acceptors (Lipinski definition) is 2. The molecular formula is C14H17N3. The highest BCUT2D eigenvalue weighted by Crippen LogP contribution is 2.12. The first-order valence-corrected chi connectivity index (χ1v) is 6.09. The van der Waals surface area contributed by atoms with Crippen molar-refractivity contribution in [1.82, 2.24) is 14.9 Å². The van der Waals surface area contributed by atoms with Crippen molar-refractivity contribution in [3.63, 3.8) is 0 Å². The topological polar surface area (TPSA) is 29.9 Å². The molecule has 2 aromatic rings. The Morgan fingerprint density at radius 1 is 1.35 bits per heavy atom. The summed E-state index contributed by atoms with van der Waals surface area (Å²) in [6.07, 6.45) is 4.95. The molecule has 3 nitrogen and oxygen atoms in total. The van der Waals surface area contributed by atoms with Gasteiger partial charge in [-0.3, -0.25) is 0 Å². The van der Waals surface area contributed by atoms with Crippen molar-refractivity contribution in [1.29, 1.82) is 0 Å². The minimum atomic E-state index is 0.513. The second-order valence-electron chi connectivity index (χ2n) is 4.80. The smallest absolute Gasteiger partial charge is 0.0949 e. The number of rotatable bonds is 2. The first-order chi connectivity index (χ1) is 8.31. The highest BCUT2D eigenvalue weighted by molar-refractivity contribution is 5.22. The van der Waals surface area contributed by atoms with Gasteiger partial charge < -0.3 is 9.88 Å². The SMILES string of the molecule is Cc1ccc(CC2Cn3cncc3CN2)cc1. The fourth-order valence-corrected chi connectivity index (χ4v) is 2.36. The predicted molar refractivity (Wildman–Crippen MR) is 67.7 cm³/mol. The van der Waals surface area contributed by atoms with E-state index in [9.17, 15) is 0 Å². The Balaban J connectivity index is 1.69. The van der Waals surface area contributed by atoms with Gasteiger partial charge in [0.2, 0.25) is 0 Å². The zero-order valence-electron chi connectivity index (χ0n) is 10.1. The maximum Gasteiger partial charge on any atom is 0.0949 e. The zero-order valence-corrected chi connectivity index (χ0v) is 10.1. The molecule has 0 radical (unpaired) electrons. The van der Waals surface area contributed by atoms with Crippen molar-refractivity contribution in [2.75, 3.05) is 0 Å². The molecule has 1 aliphatic heterocycles. The summed E-state index contributed by atoms with van der Waals surface area (Å²) >= 11 is 0. The lowest BCUT2D eigenvalue weighted by Crippen LogP contribution is -2.39. The van der Waals surface area contributed by atoms with Crippen molar-refractivity contribution in [3.05, 3.63) is 53.6 Å². The lowest BCUT2D eigenvalue weighted by atomic mass is 10.0. The molecule has 0 aliphatic carbocycles. The van der Waals surface area contributed by atoms with E-state index in [0.717, 1.165) is 19.5 Å². The Labute approximate surface area is 101 Å². The molecule has 1 aromatic heterocycles. The summed E-state index contributed by atoms with van der Waals surface area (Å²) in [7, 11) is 0. The molecule has 3 heteroatoms. The van der Waals surface area contributed by atoms with Crippen LogP contribution in [-0.2, 0) is 19.5 Å². The molecule has 88 valence electrons. The van der Waals surface area contributed by atoms with Crippen LogP contribution in [0.5, 0.6) is 0 Å². The van der Waals surface area contributed by atoms with E-state index < -0.39 is 0 Å². The molecule has 1 aromatic carbocycles. The quantitative estimate of drug-likeness (QED) is 0.849. The first-order valence-electron chi connectivity index (χ1n) is 6.09. The maximum absolute atomic E-state index is 4.18. The number of imidazole rings is 1. The fourth-order valence-electron chi connectivity index (χ4n) is 2.36. The van der Waals surface area contributed by atoms with E-state index in [2.05, 4.69) is 46.1 Å². The van der Waals surface area contributed by atoms with Crippen molar-refractivity contribution < 1.29 is 0 Å². The van der Waals surface area contributed by atoms with Crippen LogP contribution in [0.4, 0.5) is 0 Å². The van der Waals surface area contributed by atoms with Gasteiger partial charge in [0.05, 0.1) is 12.0 Å². The molecule has 0 spiro atoms. The average Bonchev–Trinajstić information content (AvgIpc) is 2.79. The van der Waals surface area contributed by atoms with Crippen LogP contribution in [0, 0.1) is 6.92 Å². The average molecular weight is 227 g/mol. The molecule has 3 rings (SSSR count). The normalized spacial score (nSPS) is 19.0. The van der Waals surface area contributed by atoms with Crippen LogP contribution in [0.25, 0.3) is 0 Å². The number of aryl methyl sites for hydroxylation is 1. The number of hydrogen-bond donors (Lipinski definition) is 1. The highest BCUT2D eigenvalue weighted by atomic mass is 15.1. The van der Waals surface area contributed by atoms with Crippen molar-refractivity contribution in [2.24, 2.45) is 0 Å². The standard InChI is InChI=1S/C14H17N3/c1-11-2-4-12(5-3-11)6-13-9-17-10-15-7-14(17)8-16-13/h2-5,7,10,13,16H,6,8-9H2,1H3. The van der Waals surface area contributed by atoms with Crippen LogP contribution in [0.3, 0.4) is 0 Å². The van der Waals surface area contributed by atoms with E-state index in [1.165, 1.54) is 16.8 Å². The van der Waals surface area contributed by atoms with E-state index >= 15 is 0 Å². The van der Waals surface area contributed by atoms with Crippen LogP contribution >= 0.6 is 0 Å². The molecule has 2 heterocycles. The van der Waals surface area contributed by atoms with Crippen molar-refractivity contribution in [2.45, 2.75) is 32.5 Å². The Bertz CT molecular complexity index is 498. The second kappa shape index (κ2) is 4.34. The maximum atomic E-state index is 4.18. The summed E-state index contributed by atoms with van der Waals surface area (Å²) < 4.78 is 2.25. The second-order valence-corrected chi connectivity index (χ2v) is 4.80. The van der Waals surface area contributed by atoms with E-state index in [0.29, 0.717) is 6.04 Å². The first kappa shape index (κ1) is 10.5. The molecule has 1 unspecified atom stereocenters. The van der Waals surface area contributed by atoms with Crippen LogP contribution in [0.15, 0.2) is 36.8 Å². The molecule has 0 saturated carbocycles. The van der Waals surface area contributed by atoms with Gasteiger partial charge in [-0.2, -0.15) is 0 Å². The minimum absolute atomic E-state index is 0.513.